The molecule has 0 nitrogen and oxygen atoms in total. The van der Waals surface area contributed by atoms with Crippen LogP contribution in [0.1, 0.15) is 39.0 Å². The Morgan fingerprint density at radius 1 is 1.27 bits per heavy atom. The summed E-state index contributed by atoms with van der Waals surface area (Å²) in [5.41, 5.74) is 0. The standard InChI is InChI=1S/C11H18/c1-2-3-9-4-5-11(8-9)10-6-7-10/h6-7,9-11H,2-5,8H2,1H3. The molecule has 1 saturated carbocycles. The molecule has 0 radical (unpaired) electrons. The Morgan fingerprint density at radius 3 is 2.73 bits per heavy atom. The van der Waals surface area contributed by atoms with Gasteiger partial charge in [0.2, 0.25) is 0 Å². The topological polar surface area (TPSA) is 0 Å². The summed E-state index contributed by atoms with van der Waals surface area (Å²) < 4.78 is 0. The van der Waals surface area contributed by atoms with Crippen molar-refractivity contribution in [2.75, 3.05) is 0 Å². The van der Waals surface area contributed by atoms with Gasteiger partial charge in [-0.05, 0) is 30.6 Å². The quantitative estimate of drug-likeness (QED) is 0.541. The number of rotatable bonds is 3. The van der Waals surface area contributed by atoms with Crippen molar-refractivity contribution in [1.82, 2.24) is 0 Å². The first-order chi connectivity index (χ1) is 5.40. The van der Waals surface area contributed by atoms with E-state index in [-0.39, 0.29) is 0 Å². The highest BCUT2D eigenvalue weighted by Crippen LogP contribution is 2.42. The lowest BCUT2D eigenvalue weighted by molar-refractivity contribution is 0.444. The Morgan fingerprint density at radius 2 is 2.09 bits per heavy atom. The van der Waals surface area contributed by atoms with Crippen LogP contribution in [-0.2, 0) is 0 Å². The molecule has 0 aromatic carbocycles. The molecule has 2 atom stereocenters. The summed E-state index contributed by atoms with van der Waals surface area (Å²) >= 11 is 0. The lowest BCUT2D eigenvalue weighted by Crippen LogP contribution is -1.98. The van der Waals surface area contributed by atoms with E-state index in [1.807, 2.05) is 0 Å². The average molecular weight is 150 g/mol. The maximum Gasteiger partial charge on any atom is -0.00247 e. The van der Waals surface area contributed by atoms with Gasteiger partial charge in [0.1, 0.15) is 0 Å². The molecule has 2 aliphatic rings. The summed E-state index contributed by atoms with van der Waals surface area (Å²) in [7, 11) is 0. The van der Waals surface area contributed by atoms with Crippen molar-refractivity contribution in [1.29, 1.82) is 0 Å². The van der Waals surface area contributed by atoms with E-state index in [9.17, 15) is 0 Å². The van der Waals surface area contributed by atoms with Gasteiger partial charge in [-0.25, -0.2) is 0 Å². The van der Waals surface area contributed by atoms with Gasteiger partial charge in [0, 0.05) is 0 Å². The van der Waals surface area contributed by atoms with Gasteiger partial charge in [0.25, 0.3) is 0 Å². The maximum absolute atomic E-state index is 2.37. The zero-order chi connectivity index (χ0) is 7.68. The molecule has 0 spiro atoms. The van der Waals surface area contributed by atoms with E-state index in [1.165, 1.54) is 32.1 Å². The van der Waals surface area contributed by atoms with Crippen molar-refractivity contribution in [2.24, 2.45) is 17.8 Å². The second-order valence-corrected chi connectivity index (χ2v) is 4.19. The number of hydrogen-bond acceptors (Lipinski definition) is 0. The molecular weight excluding hydrogens is 132 g/mol. The van der Waals surface area contributed by atoms with Gasteiger partial charge in [-0.2, -0.15) is 0 Å². The average Bonchev–Trinajstić information content (AvgIpc) is 2.75. The molecule has 0 bridgehead atoms. The molecule has 0 heteroatoms. The molecule has 2 unspecified atom stereocenters. The molecule has 0 aromatic rings. The van der Waals surface area contributed by atoms with Gasteiger partial charge in [-0.1, -0.05) is 38.3 Å². The largest absolute Gasteiger partial charge is 0.0807 e. The third kappa shape index (κ3) is 1.66. The molecule has 2 aliphatic carbocycles. The Labute approximate surface area is 69.7 Å². The maximum atomic E-state index is 2.37. The first-order valence-electron chi connectivity index (χ1n) is 5.08. The van der Waals surface area contributed by atoms with Gasteiger partial charge in [-0.15, -0.1) is 0 Å². The third-order valence-corrected chi connectivity index (χ3v) is 3.24. The van der Waals surface area contributed by atoms with Crippen LogP contribution in [0.4, 0.5) is 0 Å². The van der Waals surface area contributed by atoms with E-state index in [0.29, 0.717) is 0 Å². The van der Waals surface area contributed by atoms with Crippen LogP contribution in [0.15, 0.2) is 12.2 Å². The normalized spacial score (nSPS) is 36.5. The SMILES string of the molecule is CCCC1CCC(C2C=C2)C1. The molecule has 0 aromatic heterocycles. The molecule has 0 heterocycles. The third-order valence-electron chi connectivity index (χ3n) is 3.24. The van der Waals surface area contributed by atoms with Crippen molar-refractivity contribution in [3.05, 3.63) is 12.2 Å². The Balaban J connectivity index is 1.74. The van der Waals surface area contributed by atoms with Crippen LogP contribution in [0.25, 0.3) is 0 Å². The van der Waals surface area contributed by atoms with Gasteiger partial charge >= 0.3 is 0 Å². The second-order valence-electron chi connectivity index (χ2n) is 4.19. The Kier molecular flexibility index (Phi) is 2.02. The monoisotopic (exact) mass is 150 g/mol. The van der Waals surface area contributed by atoms with Gasteiger partial charge < -0.3 is 0 Å². The van der Waals surface area contributed by atoms with Crippen LogP contribution in [0.3, 0.4) is 0 Å². The highest BCUT2D eigenvalue weighted by molar-refractivity contribution is 5.16. The molecule has 62 valence electrons. The van der Waals surface area contributed by atoms with Crippen molar-refractivity contribution in [3.63, 3.8) is 0 Å². The van der Waals surface area contributed by atoms with Crippen LogP contribution in [0.2, 0.25) is 0 Å². The summed E-state index contributed by atoms with van der Waals surface area (Å²) in [5, 5.41) is 0. The molecule has 0 amide bonds. The predicted molar refractivity (Wildman–Crippen MR) is 48.4 cm³/mol. The summed E-state index contributed by atoms with van der Waals surface area (Å²) in [6.45, 7) is 2.31. The van der Waals surface area contributed by atoms with Crippen LogP contribution < -0.4 is 0 Å². The molecule has 2 rings (SSSR count). The molecule has 11 heavy (non-hydrogen) atoms. The molecule has 0 aliphatic heterocycles. The fourth-order valence-corrected chi connectivity index (χ4v) is 2.51. The first-order valence-corrected chi connectivity index (χ1v) is 5.08. The van der Waals surface area contributed by atoms with Gasteiger partial charge in [-0.3, -0.25) is 0 Å². The lowest BCUT2D eigenvalue weighted by Gasteiger charge is -2.08. The van der Waals surface area contributed by atoms with E-state index in [4.69, 9.17) is 0 Å². The fourth-order valence-electron chi connectivity index (χ4n) is 2.51. The molecule has 0 N–H and O–H groups in total. The highest BCUT2D eigenvalue weighted by atomic mass is 14.4. The van der Waals surface area contributed by atoms with Crippen molar-refractivity contribution in [3.8, 4) is 0 Å². The Bertz CT molecular complexity index is 151. The van der Waals surface area contributed by atoms with Gasteiger partial charge in [0.05, 0.1) is 0 Å². The van der Waals surface area contributed by atoms with Crippen LogP contribution in [-0.4, -0.2) is 0 Å². The zero-order valence-electron chi connectivity index (χ0n) is 7.42. The smallest absolute Gasteiger partial charge is 0.00247 e. The Hall–Kier alpha value is -0.260. The minimum atomic E-state index is 0.928. The van der Waals surface area contributed by atoms with Crippen LogP contribution >= 0.6 is 0 Å². The van der Waals surface area contributed by atoms with Crippen LogP contribution in [0, 0.1) is 17.8 Å². The number of allylic oxidation sites excluding steroid dienone is 2. The molecular formula is C11H18. The van der Waals surface area contributed by atoms with E-state index in [2.05, 4.69) is 19.1 Å². The van der Waals surface area contributed by atoms with Gasteiger partial charge in [0.15, 0.2) is 0 Å². The van der Waals surface area contributed by atoms with E-state index < -0.39 is 0 Å². The lowest BCUT2D eigenvalue weighted by atomic mass is 9.97. The first kappa shape index (κ1) is 7.39. The molecule has 1 fully saturated rings. The van der Waals surface area contributed by atoms with Crippen molar-refractivity contribution >= 4 is 0 Å². The zero-order valence-corrected chi connectivity index (χ0v) is 7.42. The minimum Gasteiger partial charge on any atom is -0.0807 e. The van der Waals surface area contributed by atoms with Crippen LogP contribution in [0.5, 0.6) is 0 Å². The highest BCUT2D eigenvalue weighted by Gasteiger charge is 2.31. The summed E-state index contributed by atoms with van der Waals surface area (Å²) in [6.07, 6.45) is 12.1. The van der Waals surface area contributed by atoms with E-state index in [1.54, 1.807) is 0 Å². The summed E-state index contributed by atoms with van der Waals surface area (Å²) in [4.78, 5) is 0. The fraction of sp³-hybridized carbons (Fsp3) is 0.818. The van der Waals surface area contributed by atoms with Crippen molar-refractivity contribution < 1.29 is 0 Å². The molecule has 0 saturated heterocycles. The summed E-state index contributed by atoms with van der Waals surface area (Å²) in [5.74, 6) is 3.05. The van der Waals surface area contributed by atoms with Crippen molar-refractivity contribution in [2.45, 2.75) is 39.0 Å². The minimum absolute atomic E-state index is 0.928. The second kappa shape index (κ2) is 3.00. The van der Waals surface area contributed by atoms with E-state index >= 15 is 0 Å². The predicted octanol–water partition coefficient (Wildman–Crippen LogP) is 3.39. The van der Waals surface area contributed by atoms with E-state index in [0.717, 1.165) is 17.8 Å². The number of hydrogen-bond donors (Lipinski definition) is 0. The summed E-state index contributed by atoms with van der Waals surface area (Å²) in [6, 6.07) is 0.